The van der Waals surface area contributed by atoms with Crippen LogP contribution < -0.4 is 0 Å². The molecule has 0 aromatic heterocycles. The van der Waals surface area contributed by atoms with E-state index in [2.05, 4.69) is 6.58 Å². The highest BCUT2D eigenvalue weighted by molar-refractivity contribution is 5.87. The molecular weight excluding hydrogens is 280 g/mol. The minimum Gasteiger partial charge on any atom is -0.454 e. The van der Waals surface area contributed by atoms with Crippen LogP contribution in [-0.2, 0) is 9.53 Å². The Balaban J connectivity index is 3.36. The lowest BCUT2D eigenvalue weighted by molar-refractivity contribution is -0.423. The van der Waals surface area contributed by atoms with Crippen molar-refractivity contribution < 1.29 is 19.4 Å². The predicted molar refractivity (Wildman–Crippen MR) is 73.7 cm³/mol. The summed E-state index contributed by atoms with van der Waals surface area (Å²) < 4.78 is 5.11. The third kappa shape index (κ3) is 3.62. The molecule has 0 N–H and O–H groups in total. The van der Waals surface area contributed by atoms with E-state index < -0.39 is 33.3 Å². The molecule has 21 heavy (non-hydrogen) atoms. The quantitative estimate of drug-likeness (QED) is 0.345. The lowest BCUT2D eigenvalue weighted by Crippen LogP contribution is -2.13. The fourth-order valence-corrected chi connectivity index (χ4v) is 1.75. The van der Waals surface area contributed by atoms with Crippen molar-refractivity contribution in [1.29, 1.82) is 0 Å². The van der Waals surface area contributed by atoms with Crippen LogP contribution in [0.15, 0.2) is 30.4 Å². The van der Waals surface area contributed by atoms with E-state index in [0.717, 1.165) is 6.07 Å². The number of para-hydroxylation sites is 1. The first-order chi connectivity index (χ1) is 9.79. The number of hydrogen-bond donors (Lipinski definition) is 0. The number of ether oxygens (including phenoxy) is 1. The average Bonchev–Trinajstić information content (AvgIpc) is 2.43. The molecule has 8 nitrogen and oxygen atoms in total. The summed E-state index contributed by atoms with van der Waals surface area (Å²) in [7, 11) is 0. The number of nitro groups is 2. The van der Waals surface area contributed by atoms with Gasteiger partial charge in [-0.1, -0.05) is 19.6 Å². The number of hydrogen-bond acceptors (Lipinski definition) is 6. The molecule has 1 aromatic rings. The maximum Gasteiger partial charge on any atom is 0.352 e. The molecule has 0 saturated heterocycles. The zero-order valence-electron chi connectivity index (χ0n) is 11.6. The van der Waals surface area contributed by atoms with Crippen molar-refractivity contribution in [2.45, 2.75) is 26.4 Å². The largest absolute Gasteiger partial charge is 0.454 e. The van der Waals surface area contributed by atoms with E-state index in [1.165, 1.54) is 19.1 Å². The van der Waals surface area contributed by atoms with Crippen molar-refractivity contribution in [1.82, 2.24) is 0 Å². The summed E-state index contributed by atoms with van der Waals surface area (Å²) in [5.41, 5.74) is -1.17. The van der Waals surface area contributed by atoms with Crippen molar-refractivity contribution in [3.63, 3.8) is 0 Å². The number of esters is 1. The summed E-state index contributed by atoms with van der Waals surface area (Å²) in [5.74, 6) is -0.706. The van der Waals surface area contributed by atoms with Crippen LogP contribution in [0.1, 0.15) is 31.9 Å². The molecular formula is C13H14N2O6. The maximum atomic E-state index is 11.6. The van der Waals surface area contributed by atoms with Gasteiger partial charge in [0.05, 0.1) is 15.4 Å². The van der Waals surface area contributed by atoms with Gasteiger partial charge in [0.1, 0.15) is 6.10 Å². The monoisotopic (exact) mass is 294 g/mol. The molecule has 0 fully saturated rings. The summed E-state index contributed by atoms with van der Waals surface area (Å²) in [4.78, 5) is 31.9. The summed E-state index contributed by atoms with van der Waals surface area (Å²) in [6.45, 7) is 6.52. The number of carbonyl (C=O) groups is 1. The number of rotatable bonds is 6. The smallest absolute Gasteiger partial charge is 0.352 e. The molecule has 0 saturated carbocycles. The first-order valence-corrected chi connectivity index (χ1v) is 6.07. The molecule has 0 bridgehead atoms. The van der Waals surface area contributed by atoms with E-state index >= 15 is 0 Å². The second kappa shape index (κ2) is 6.60. The first kappa shape index (κ1) is 16.3. The summed E-state index contributed by atoms with van der Waals surface area (Å²) in [6, 6.07) is 3.69. The molecule has 1 unspecified atom stereocenters. The molecule has 8 heteroatoms. The Morgan fingerprint density at radius 3 is 2.38 bits per heavy atom. The molecule has 0 spiro atoms. The standard InChI is InChI=1S/C13H14N2O6/c1-4-11(21-13(16)8(2)3)9-6-5-7-10(14(17)18)12(9)15(19)20/h5-7,11H,2,4H2,1,3H3. The molecule has 0 radical (unpaired) electrons. The Kier molecular flexibility index (Phi) is 5.12. The minimum absolute atomic E-state index is 0.00806. The van der Waals surface area contributed by atoms with Crippen LogP contribution in [0.5, 0.6) is 0 Å². The molecule has 0 amide bonds. The molecule has 0 aliphatic carbocycles. The third-order valence-electron chi connectivity index (χ3n) is 2.74. The van der Waals surface area contributed by atoms with E-state index in [9.17, 15) is 25.0 Å². The Morgan fingerprint density at radius 1 is 1.33 bits per heavy atom. The normalized spacial score (nSPS) is 11.5. The maximum absolute atomic E-state index is 11.6. The van der Waals surface area contributed by atoms with Crippen molar-refractivity contribution in [3.05, 3.63) is 56.1 Å². The van der Waals surface area contributed by atoms with Gasteiger partial charge < -0.3 is 4.74 Å². The highest BCUT2D eigenvalue weighted by Crippen LogP contribution is 2.37. The van der Waals surface area contributed by atoms with E-state index in [-0.39, 0.29) is 17.6 Å². The van der Waals surface area contributed by atoms with Crippen LogP contribution >= 0.6 is 0 Å². The molecule has 0 aliphatic rings. The van der Waals surface area contributed by atoms with Gasteiger partial charge in [-0.25, -0.2) is 4.79 Å². The van der Waals surface area contributed by atoms with Gasteiger partial charge in [-0.3, -0.25) is 20.2 Å². The van der Waals surface area contributed by atoms with Gasteiger partial charge in [0.15, 0.2) is 0 Å². The molecule has 1 rings (SSSR count). The molecule has 0 heterocycles. The van der Waals surface area contributed by atoms with Gasteiger partial charge in [-0.2, -0.15) is 0 Å². The Labute approximate surface area is 120 Å². The third-order valence-corrected chi connectivity index (χ3v) is 2.74. The van der Waals surface area contributed by atoms with E-state index in [4.69, 9.17) is 4.74 Å². The van der Waals surface area contributed by atoms with Crippen LogP contribution in [0, 0.1) is 20.2 Å². The lowest BCUT2D eigenvalue weighted by atomic mass is 10.0. The second-order valence-electron chi connectivity index (χ2n) is 4.31. The van der Waals surface area contributed by atoms with E-state index in [0.29, 0.717) is 0 Å². The van der Waals surface area contributed by atoms with Crippen LogP contribution in [0.3, 0.4) is 0 Å². The van der Waals surface area contributed by atoms with Crippen molar-refractivity contribution in [2.24, 2.45) is 0 Å². The summed E-state index contributed by atoms with van der Waals surface area (Å²) in [6.07, 6.45) is -0.712. The van der Waals surface area contributed by atoms with Gasteiger partial charge in [-0.15, -0.1) is 0 Å². The molecule has 1 aromatic carbocycles. The minimum atomic E-state index is -0.950. The van der Waals surface area contributed by atoms with Crippen molar-refractivity contribution in [3.8, 4) is 0 Å². The number of benzene rings is 1. The average molecular weight is 294 g/mol. The van der Waals surface area contributed by atoms with Gasteiger partial charge in [-0.05, 0) is 19.4 Å². The Bertz CT molecular complexity index is 611. The van der Waals surface area contributed by atoms with Gasteiger partial charge in [0.2, 0.25) is 0 Å². The van der Waals surface area contributed by atoms with E-state index in [1.54, 1.807) is 6.92 Å². The van der Waals surface area contributed by atoms with Crippen LogP contribution in [-0.4, -0.2) is 15.8 Å². The van der Waals surface area contributed by atoms with Crippen LogP contribution in [0.4, 0.5) is 11.4 Å². The highest BCUT2D eigenvalue weighted by Gasteiger charge is 2.32. The lowest BCUT2D eigenvalue weighted by Gasteiger charge is -2.16. The van der Waals surface area contributed by atoms with Crippen LogP contribution in [0.25, 0.3) is 0 Å². The number of nitro benzene ring substituents is 2. The fraction of sp³-hybridized carbons (Fsp3) is 0.308. The van der Waals surface area contributed by atoms with Gasteiger partial charge >= 0.3 is 17.3 Å². The van der Waals surface area contributed by atoms with Gasteiger partial charge in [0.25, 0.3) is 0 Å². The first-order valence-electron chi connectivity index (χ1n) is 6.07. The van der Waals surface area contributed by atoms with E-state index in [1.807, 2.05) is 0 Å². The van der Waals surface area contributed by atoms with Crippen LogP contribution in [0.2, 0.25) is 0 Å². The van der Waals surface area contributed by atoms with Crippen molar-refractivity contribution in [2.75, 3.05) is 0 Å². The zero-order chi connectivity index (χ0) is 16.2. The molecule has 1 atom stereocenters. The van der Waals surface area contributed by atoms with Crippen molar-refractivity contribution >= 4 is 17.3 Å². The summed E-state index contributed by atoms with van der Waals surface area (Å²) in [5, 5.41) is 22.0. The number of nitrogens with zero attached hydrogens (tertiary/aromatic N) is 2. The summed E-state index contributed by atoms with van der Waals surface area (Å²) >= 11 is 0. The topological polar surface area (TPSA) is 113 Å². The molecule has 112 valence electrons. The number of carbonyl (C=O) groups excluding carboxylic acids is 1. The van der Waals surface area contributed by atoms with Gasteiger partial charge in [0, 0.05) is 11.6 Å². The SMILES string of the molecule is C=C(C)C(=O)OC(CC)c1cccc([N+](=O)[O-])c1[N+](=O)[O-]. The Hall–Kier alpha value is -2.77. The second-order valence-corrected chi connectivity index (χ2v) is 4.31. The molecule has 0 aliphatic heterocycles. The zero-order valence-corrected chi connectivity index (χ0v) is 11.6. The Morgan fingerprint density at radius 2 is 1.95 bits per heavy atom. The fourth-order valence-electron chi connectivity index (χ4n) is 1.75. The predicted octanol–water partition coefficient (Wildman–Crippen LogP) is 3.07. The highest BCUT2D eigenvalue weighted by atomic mass is 16.6.